The molecule has 5 heteroatoms. The van der Waals surface area contributed by atoms with Crippen molar-refractivity contribution in [1.29, 1.82) is 0 Å². The molecular formula is C14H10Cl3NO. The van der Waals surface area contributed by atoms with Crippen molar-refractivity contribution in [1.82, 2.24) is 0 Å². The molecule has 0 bridgehead atoms. The summed E-state index contributed by atoms with van der Waals surface area (Å²) in [4.78, 5) is 12.0. The van der Waals surface area contributed by atoms with Gasteiger partial charge in [-0.05, 0) is 23.8 Å². The standard InChI is InChI=1S/C14H10Cl3NO/c15-11-7-6-10(8-12(11)16)18-14(19)13(17)9-4-2-1-3-5-9/h1-8,13H,(H,18,19). The SMILES string of the molecule is O=C(Nc1ccc(Cl)c(Cl)c1)C(Cl)c1ccccc1. The molecule has 0 saturated carbocycles. The second-order valence-corrected chi connectivity index (χ2v) is 5.14. The zero-order chi connectivity index (χ0) is 13.8. The molecule has 2 aromatic carbocycles. The number of carbonyl (C=O) groups excluding carboxylic acids is 1. The fourth-order valence-corrected chi connectivity index (χ4v) is 2.05. The summed E-state index contributed by atoms with van der Waals surface area (Å²) in [6, 6.07) is 14.0. The van der Waals surface area contributed by atoms with Gasteiger partial charge < -0.3 is 5.32 Å². The molecule has 1 atom stereocenters. The van der Waals surface area contributed by atoms with Crippen LogP contribution < -0.4 is 5.32 Å². The lowest BCUT2D eigenvalue weighted by molar-refractivity contribution is -0.116. The predicted octanol–water partition coefficient (Wildman–Crippen LogP) is 4.91. The summed E-state index contributed by atoms with van der Waals surface area (Å²) in [6.07, 6.45) is 0. The van der Waals surface area contributed by atoms with Crippen LogP contribution in [0.4, 0.5) is 5.69 Å². The van der Waals surface area contributed by atoms with Crippen LogP contribution in [-0.4, -0.2) is 5.91 Å². The molecule has 0 aromatic heterocycles. The molecule has 2 nitrogen and oxygen atoms in total. The number of benzene rings is 2. The Kier molecular flexibility index (Phi) is 4.70. The van der Waals surface area contributed by atoms with Gasteiger partial charge in [-0.2, -0.15) is 0 Å². The largest absolute Gasteiger partial charge is 0.324 e. The second-order valence-electron chi connectivity index (χ2n) is 3.89. The van der Waals surface area contributed by atoms with Gasteiger partial charge in [0.1, 0.15) is 5.38 Å². The van der Waals surface area contributed by atoms with Crippen LogP contribution in [0.2, 0.25) is 10.0 Å². The molecule has 0 fully saturated rings. The summed E-state index contributed by atoms with van der Waals surface area (Å²) < 4.78 is 0. The lowest BCUT2D eigenvalue weighted by Crippen LogP contribution is -2.17. The monoisotopic (exact) mass is 313 g/mol. The molecular weight excluding hydrogens is 305 g/mol. The van der Waals surface area contributed by atoms with Crippen molar-refractivity contribution in [2.24, 2.45) is 0 Å². The van der Waals surface area contributed by atoms with Gasteiger partial charge in [-0.3, -0.25) is 4.79 Å². The van der Waals surface area contributed by atoms with Crippen LogP contribution in [0.3, 0.4) is 0 Å². The summed E-state index contributed by atoms with van der Waals surface area (Å²) in [6.45, 7) is 0. The van der Waals surface area contributed by atoms with Crippen molar-refractivity contribution < 1.29 is 4.79 Å². The Balaban J connectivity index is 2.10. The van der Waals surface area contributed by atoms with Crippen LogP contribution in [0.5, 0.6) is 0 Å². The average molecular weight is 315 g/mol. The number of alkyl halides is 1. The minimum atomic E-state index is -0.754. The third kappa shape index (κ3) is 3.63. The molecule has 0 aliphatic carbocycles. The minimum Gasteiger partial charge on any atom is -0.324 e. The Morgan fingerprint density at radius 1 is 1.00 bits per heavy atom. The molecule has 0 heterocycles. The lowest BCUT2D eigenvalue weighted by Gasteiger charge is -2.11. The van der Waals surface area contributed by atoms with E-state index in [1.165, 1.54) is 0 Å². The normalized spacial score (nSPS) is 11.9. The number of halogens is 3. The number of hydrogen-bond donors (Lipinski definition) is 1. The number of nitrogens with one attached hydrogen (secondary N) is 1. The van der Waals surface area contributed by atoms with Crippen LogP contribution >= 0.6 is 34.8 Å². The first-order valence-corrected chi connectivity index (χ1v) is 6.72. The van der Waals surface area contributed by atoms with E-state index in [4.69, 9.17) is 34.8 Å². The summed E-state index contributed by atoms with van der Waals surface area (Å²) in [5.41, 5.74) is 1.29. The van der Waals surface area contributed by atoms with E-state index in [1.54, 1.807) is 30.3 Å². The van der Waals surface area contributed by atoms with Crippen molar-refractivity contribution >= 4 is 46.4 Å². The highest BCUT2D eigenvalue weighted by molar-refractivity contribution is 6.42. The smallest absolute Gasteiger partial charge is 0.246 e. The van der Waals surface area contributed by atoms with Gasteiger partial charge in [0.05, 0.1) is 10.0 Å². The quantitative estimate of drug-likeness (QED) is 0.801. The topological polar surface area (TPSA) is 29.1 Å². The summed E-state index contributed by atoms with van der Waals surface area (Å²) in [5.74, 6) is -0.314. The van der Waals surface area contributed by atoms with E-state index in [9.17, 15) is 4.79 Å². The minimum absolute atomic E-state index is 0.314. The molecule has 0 spiro atoms. The Bertz CT molecular complexity index is 586. The van der Waals surface area contributed by atoms with Crippen LogP contribution in [0.25, 0.3) is 0 Å². The molecule has 2 aromatic rings. The maximum Gasteiger partial charge on any atom is 0.246 e. The molecule has 1 unspecified atom stereocenters. The summed E-state index contributed by atoms with van der Waals surface area (Å²) in [7, 11) is 0. The van der Waals surface area contributed by atoms with E-state index in [1.807, 2.05) is 18.2 Å². The van der Waals surface area contributed by atoms with Gasteiger partial charge in [0.2, 0.25) is 5.91 Å². The molecule has 19 heavy (non-hydrogen) atoms. The van der Waals surface area contributed by atoms with Crippen LogP contribution in [0.1, 0.15) is 10.9 Å². The molecule has 0 saturated heterocycles. The van der Waals surface area contributed by atoms with Crippen LogP contribution in [0.15, 0.2) is 48.5 Å². The van der Waals surface area contributed by atoms with E-state index in [-0.39, 0.29) is 5.91 Å². The highest BCUT2D eigenvalue weighted by atomic mass is 35.5. The van der Waals surface area contributed by atoms with Gasteiger partial charge in [0.25, 0.3) is 0 Å². The molecule has 98 valence electrons. The van der Waals surface area contributed by atoms with Gasteiger partial charge >= 0.3 is 0 Å². The number of hydrogen-bond acceptors (Lipinski definition) is 1. The van der Waals surface area contributed by atoms with Crippen molar-refractivity contribution in [2.45, 2.75) is 5.38 Å². The van der Waals surface area contributed by atoms with E-state index >= 15 is 0 Å². The third-order valence-electron chi connectivity index (χ3n) is 2.51. The predicted molar refractivity (Wildman–Crippen MR) is 80.1 cm³/mol. The van der Waals surface area contributed by atoms with Gasteiger partial charge in [-0.1, -0.05) is 53.5 Å². The van der Waals surface area contributed by atoms with E-state index in [0.717, 1.165) is 5.56 Å². The fourth-order valence-electron chi connectivity index (χ4n) is 1.55. The fraction of sp³-hybridized carbons (Fsp3) is 0.0714. The van der Waals surface area contributed by atoms with E-state index in [2.05, 4.69) is 5.32 Å². The van der Waals surface area contributed by atoms with E-state index in [0.29, 0.717) is 15.7 Å². The molecule has 1 amide bonds. The molecule has 1 N–H and O–H groups in total. The van der Waals surface area contributed by atoms with Gasteiger partial charge in [-0.15, -0.1) is 11.6 Å². The summed E-state index contributed by atoms with van der Waals surface area (Å²) >= 11 is 17.8. The van der Waals surface area contributed by atoms with Crippen molar-refractivity contribution in [3.05, 3.63) is 64.1 Å². The highest BCUT2D eigenvalue weighted by Gasteiger charge is 2.17. The first kappa shape index (κ1) is 14.2. The highest BCUT2D eigenvalue weighted by Crippen LogP contribution is 2.27. The Morgan fingerprint density at radius 2 is 1.68 bits per heavy atom. The van der Waals surface area contributed by atoms with Gasteiger partial charge in [0, 0.05) is 5.69 Å². The molecule has 2 rings (SSSR count). The maximum atomic E-state index is 12.0. The lowest BCUT2D eigenvalue weighted by atomic mass is 10.1. The first-order valence-electron chi connectivity index (χ1n) is 5.53. The number of amides is 1. The summed E-state index contributed by atoms with van der Waals surface area (Å²) in [5, 5.41) is 2.76. The zero-order valence-electron chi connectivity index (χ0n) is 9.74. The van der Waals surface area contributed by atoms with Crippen molar-refractivity contribution in [2.75, 3.05) is 5.32 Å². The number of carbonyl (C=O) groups is 1. The van der Waals surface area contributed by atoms with Crippen molar-refractivity contribution in [3.63, 3.8) is 0 Å². The first-order chi connectivity index (χ1) is 9.08. The zero-order valence-corrected chi connectivity index (χ0v) is 12.0. The van der Waals surface area contributed by atoms with Crippen molar-refractivity contribution in [3.8, 4) is 0 Å². The number of anilines is 1. The van der Waals surface area contributed by atoms with E-state index < -0.39 is 5.38 Å². The average Bonchev–Trinajstić information content (AvgIpc) is 2.43. The molecule has 0 aliphatic heterocycles. The maximum absolute atomic E-state index is 12.0. The third-order valence-corrected chi connectivity index (χ3v) is 3.70. The van der Waals surface area contributed by atoms with Gasteiger partial charge in [-0.25, -0.2) is 0 Å². The second kappa shape index (κ2) is 6.29. The van der Waals surface area contributed by atoms with Gasteiger partial charge in [0.15, 0.2) is 0 Å². The van der Waals surface area contributed by atoms with Crippen LogP contribution in [0, 0.1) is 0 Å². The Hall–Kier alpha value is -1.22. The number of rotatable bonds is 3. The molecule has 0 aliphatic rings. The molecule has 0 radical (unpaired) electrons. The Morgan fingerprint density at radius 3 is 2.32 bits per heavy atom. The Labute approximate surface area is 126 Å². The van der Waals surface area contributed by atoms with Crippen LogP contribution in [-0.2, 0) is 4.79 Å².